The van der Waals surface area contributed by atoms with Gasteiger partial charge in [0.2, 0.25) is 0 Å². The van der Waals surface area contributed by atoms with E-state index < -0.39 is 16.8 Å². The molecule has 2 aromatic rings. The third kappa shape index (κ3) is 3.90. The Morgan fingerprint density at radius 1 is 1.29 bits per heavy atom. The van der Waals surface area contributed by atoms with Crippen molar-refractivity contribution in [1.29, 1.82) is 0 Å². The highest BCUT2D eigenvalue weighted by Gasteiger charge is 2.10. The monoisotopic (exact) mass is 310 g/mol. The normalized spacial score (nSPS) is 12.0. The number of rotatable bonds is 5. The largest absolute Gasteiger partial charge is 0.387 e. The van der Waals surface area contributed by atoms with Gasteiger partial charge in [0, 0.05) is 24.4 Å². The van der Waals surface area contributed by atoms with E-state index in [4.69, 9.17) is 11.6 Å². The Bertz CT molecular complexity index is 649. The number of anilines is 1. The molecule has 0 aromatic heterocycles. The molecule has 1 atom stereocenters. The molecule has 1 unspecified atom stereocenters. The molecule has 110 valence electrons. The first-order valence-corrected chi connectivity index (χ1v) is 6.46. The number of aliphatic hydroxyl groups excluding tert-OH is 1. The third-order valence-corrected chi connectivity index (χ3v) is 3.21. The average molecular weight is 311 g/mol. The number of halogens is 2. The molecule has 0 amide bonds. The van der Waals surface area contributed by atoms with E-state index in [1.54, 1.807) is 0 Å². The van der Waals surface area contributed by atoms with Gasteiger partial charge in [-0.1, -0.05) is 17.7 Å². The lowest BCUT2D eigenvalue weighted by molar-refractivity contribution is -0.384. The van der Waals surface area contributed by atoms with Crippen LogP contribution in [0.4, 0.5) is 15.8 Å². The minimum atomic E-state index is -0.924. The van der Waals surface area contributed by atoms with Gasteiger partial charge < -0.3 is 10.4 Å². The Labute approximate surface area is 125 Å². The fourth-order valence-corrected chi connectivity index (χ4v) is 1.87. The van der Waals surface area contributed by atoms with E-state index in [1.807, 2.05) is 0 Å². The summed E-state index contributed by atoms with van der Waals surface area (Å²) in [6.45, 7) is 0.138. The quantitative estimate of drug-likeness (QED) is 0.654. The van der Waals surface area contributed by atoms with Crippen LogP contribution in [0.3, 0.4) is 0 Å². The van der Waals surface area contributed by atoms with E-state index in [2.05, 4.69) is 5.32 Å². The van der Waals surface area contributed by atoms with Gasteiger partial charge in [-0.2, -0.15) is 0 Å². The van der Waals surface area contributed by atoms with Crippen LogP contribution in [-0.4, -0.2) is 16.6 Å². The topological polar surface area (TPSA) is 75.4 Å². The predicted octanol–water partition coefficient (Wildman–Crippen LogP) is 3.53. The molecule has 0 spiro atoms. The molecular formula is C14H12ClFN2O3. The number of nitrogens with one attached hydrogen (secondary N) is 1. The molecule has 0 saturated heterocycles. The van der Waals surface area contributed by atoms with Crippen molar-refractivity contribution in [3.8, 4) is 0 Å². The number of hydrogen-bond donors (Lipinski definition) is 2. The van der Waals surface area contributed by atoms with Crippen LogP contribution in [0, 0.1) is 15.9 Å². The lowest BCUT2D eigenvalue weighted by atomic mass is 10.1. The number of nitro groups is 1. The smallest absolute Gasteiger partial charge is 0.269 e. The van der Waals surface area contributed by atoms with E-state index in [0.29, 0.717) is 11.3 Å². The van der Waals surface area contributed by atoms with E-state index in [9.17, 15) is 19.6 Å². The molecule has 0 radical (unpaired) electrons. The molecule has 2 aromatic carbocycles. The summed E-state index contributed by atoms with van der Waals surface area (Å²) >= 11 is 5.57. The SMILES string of the molecule is O=[N+]([O-])c1ccc(NCC(O)c2ccc(Cl)c(F)c2)cc1. The van der Waals surface area contributed by atoms with Gasteiger partial charge in [-0.3, -0.25) is 10.1 Å². The first-order chi connectivity index (χ1) is 9.97. The number of hydrogen-bond acceptors (Lipinski definition) is 4. The van der Waals surface area contributed by atoms with E-state index in [-0.39, 0.29) is 17.3 Å². The van der Waals surface area contributed by atoms with Gasteiger partial charge in [0.15, 0.2) is 0 Å². The van der Waals surface area contributed by atoms with Crippen LogP contribution in [0.2, 0.25) is 5.02 Å². The van der Waals surface area contributed by atoms with Gasteiger partial charge in [-0.15, -0.1) is 0 Å². The highest BCUT2D eigenvalue weighted by atomic mass is 35.5. The number of nitrogens with zero attached hydrogens (tertiary/aromatic N) is 1. The maximum atomic E-state index is 13.3. The van der Waals surface area contributed by atoms with Gasteiger partial charge >= 0.3 is 0 Å². The highest BCUT2D eigenvalue weighted by molar-refractivity contribution is 6.30. The van der Waals surface area contributed by atoms with E-state index in [1.165, 1.54) is 42.5 Å². The third-order valence-electron chi connectivity index (χ3n) is 2.91. The minimum Gasteiger partial charge on any atom is -0.387 e. The molecule has 21 heavy (non-hydrogen) atoms. The highest BCUT2D eigenvalue weighted by Crippen LogP contribution is 2.21. The van der Waals surface area contributed by atoms with Crippen molar-refractivity contribution in [1.82, 2.24) is 0 Å². The zero-order valence-electron chi connectivity index (χ0n) is 10.8. The fourth-order valence-electron chi connectivity index (χ4n) is 1.75. The van der Waals surface area contributed by atoms with Crippen molar-refractivity contribution < 1.29 is 14.4 Å². The molecule has 0 saturated carbocycles. The summed E-state index contributed by atoms with van der Waals surface area (Å²) in [5.41, 5.74) is 1.00. The van der Waals surface area contributed by atoms with Crippen molar-refractivity contribution in [3.63, 3.8) is 0 Å². The van der Waals surface area contributed by atoms with Crippen LogP contribution in [0.1, 0.15) is 11.7 Å². The van der Waals surface area contributed by atoms with Crippen LogP contribution < -0.4 is 5.32 Å². The molecule has 0 aliphatic rings. The summed E-state index contributed by atoms with van der Waals surface area (Å²) < 4.78 is 13.3. The van der Waals surface area contributed by atoms with E-state index in [0.717, 1.165) is 0 Å². The van der Waals surface area contributed by atoms with Crippen LogP contribution in [0.5, 0.6) is 0 Å². The van der Waals surface area contributed by atoms with Gasteiger partial charge in [-0.25, -0.2) is 4.39 Å². The maximum Gasteiger partial charge on any atom is 0.269 e. The number of nitro benzene ring substituents is 1. The zero-order chi connectivity index (χ0) is 15.4. The molecule has 5 nitrogen and oxygen atoms in total. The van der Waals surface area contributed by atoms with Crippen molar-refractivity contribution in [3.05, 3.63) is 69.0 Å². The number of non-ortho nitro benzene ring substituents is 1. The van der Waals surface area contributed by atoms with Gasteiger partial charge in [0.1, 0.15) is 5.82 Å². The van der Waals surface area contributed by atoms with Crippen molar-refractivity contribution in [2.24, 2.45) is 0 Å². The van der Waals surface area contributed by atoms with Gasteiger partial charge in [-0.05, 0) is 29.8 Å². The summed E-state index contributed by atoms with van der Waals surface area (Å²) in [6, 6.07) is 9.87. The second-order valence-electron chi connectivity index (χ2n) is 4.37. The lowest BCUT2D eigenvalue weighted by Gasteiger charge is -2.13. The molecular weight excluding hydrogens is 299 g/mol. The summed E-state index contributed by atoms with van der Waals surface area (Å²) in [5, 5.41) is 23.4. The molecule has 0 aliphatic heterocycles. The van der Waals surface area contributed by atoms with Crippen LogP contribution >= 0.6 is 11.6 Å². The molecule has 0 heterocycles. The van der Waals surface area contributed by atoms with Crippen molar-refractivity contribution >= 4 is 23.0 Å². The summed E-state index contributed by atoms with van der Waals surface area (Å²) in [7, 11) is 0. The van der Waals surface area contributed by atoms with Crippen LogP contribution in [0.25, 0.3) is 0 Å². The van der Waals surface area contributed by atoms with Crippen LogP contribution in [-0.2, 0) is 0 Å². The number of benzene rings is 2. The Morgan fingerprint density at radius 2 is 1.95 bits per heavy atom. The predicted molar refractivity (Wildman–Crippen MR) is 78.0 cm³/mol. The zero-order valence-corrected chi connectivity index (χ0v) is 11.5. The standard InChI is InChI=1S/C14H12ClFN2O3/c15-12-6-1-9(7-13(12)16)14(19)8-17-10-2-4-11(5-3-10)18(20)21/h1-7,14,17,19H,8H2. The first-order valence-electron chi connectivity index (χ1n) is 6.08. The Hall–Kier alpha value is -2.18. The van der Waals surface area contributed by atoms with Gasteiger partial charge in [0.05, 0.1) is 16.0 Å². The Morgan fingerprint density at radius 3 is 2.52 bits per heavy atom. The van der Waals surface area contributed by atoms with Crippen molar-refractivity contribution in [2.75, 3.05) is 11.9 Å². The summed E-state index contributed by atoms with van der Waals surface area (Å²) in [5.74, 6) is -0.594. The Kier molecular flexibility index (Phi) is 4.72. The van der Waals surface area contributed by atoms with E-state index >= 15 is 0 Å². The first kappa shape index (κ1) is 15.2. The molecule has 0 aliphatic carbocycles. The molecule has 2 rings (SSSR count). The lowest BCUT2D eigenvalue weighted by Crippen LogP contribution is -2.12. The molecule has 0 bridgehead atoms. The summed E-state index contributed by atoms with van der Waals surface area (Å²) in [4.78, 5) is 10.0. The fraction of sp³-hybridized carbons (Fsp3) is 0.143. The second kappa shape index (κ2) is 6.51. The molecule has 2 N–H and O–H groups in total. The van der Waals surface area contributed by atoms with Crippen LogP contribution in [0.15, 0.2) is 42.5 Å². The average Bonchev–Trinajstić information content (AvgIpc) is 2.48. The minimum absolute atomic E-state index is 0.00530. The summed E-state index contributed by atoms with van der Waals surface area (Å²) in [6.07, 6.45) is -0.924. The number of aliphatic hydroxyl groups is 1. The molecule has 0 fully saturated rings. The Balaban J connectivity index is 1.98. The molecule has 7 heteroatoms. The van der Waals surface area contributed by atoms with Gasteiger partial charge in [0.25, 0.3) is 5.69 Å². The second-order valence-corrected chi connectivity index (χ2v) is 4.78. The van der Waals surface area contributed by atoms with Crippen molar-refractivity contribution in [2.45, 2.75) is 6.10 Å². The maximum absolute atomic E-state index is 13.3.